The van der Waals surface area contributed by atoms with Gasteiger partial charge in [0.1, 0.15) is 0 Å². The van der Waals surface area contributed by atoms with Crippen LogP contribution < -0.4 is 0 Å². The van der Waals surface area contributed by atoms with Gasteiger partial charge in [0.15, 0.2) is 0 Å². The third kappa shape index (κ3) is 3.83. The van der Waals surface area contributed by atoms with E-state index in [4.69, 9.17) is 11.6 Å². The van der Waals surface area contributed by atoms with Gasteiger partial charge in [0.05, 0.1) is 17.0 Å². The topological polar surface area (TPSA) is 59.0 Å². The van der Waals surface area contributed by atoms with Crippen molar-refractivity contribution in [2.24, 2.45) is 0 Å². The first-order chi connectivity index (χ1) is 13.2. The summed E-state index contributed by atoms with van der Waals surface area (Å²) >= 11 is 6.16. The highest BCUT2D eigenvalue weighted by Crippen LogP contribution is 2.32. The largest absolute Gasteiger partial charge is 0.338 e. The Hall–Kier alpha value is -2.79. The highest BCUT2D eigenvalue weighted by atomic mass is 35.5. The van der Waals surface area contributed by atoms with E-state index in [2.05, 4.69) is 15.0 Å². The first kappa shape index (κ1) is 17.6. The van der Waals surface area contributed by atoms with Crippen LogP contribution in [0.3, 0.4) is 0 Å². The van der Waals surface area contributed by atoms with Gasteiger partial charge < -0.3 is 4.90 Å². The quantitative estimate of drug-likeness (QED) is 0.685. The molecular formula is C21H19ClN4O. The number of hydrogen-bond donors (Lipinski definition) is 0. The van der Waals surface area contributed by atoms with Gasteiger partial charge in [-0.25, -0.2) is 0 Å². The van der Waals surface area contributed by atoms with E-state index in [1.165, 1.54) is 0 Å². The lowest BCUT2D eigenvalue weighted by molar-refractivity contribution is 0.0705. The molecule has 0 radical (unpaired) electrons. The molecule has 27 heavy (non-hydrogen) atoms. The summed E-state index contributed by atoms with van der Waals surface area (Å²) in [5.41, 5.74) is 3.32. The number of pyridine rings is 1. The molecule has 6 heteroatoms. The summed E-state index contributed by atoms with van der Waals surface area (Å²) in [6, 6.07) is 11.2. The van der Waals surface area contributed by atoms with Gasteiger partial charge in [0.2, 0.25) is 0 Å². The van der Waals surface area contributed by atoms with E-state index < -0.39 is 0 Å². The molecule has 4 rings (SSSR count). The highest BCUT2D eigenvalue weighted by molar-refractivity contribution is 6.30. The molecule has 1 atom stereocenters. The van der Waals surface area contributed by atoms with Crippen molar-refractivity contribution in [3.63, 3.8) is 0 Å². The van der Waals surface area contributed by atoms with Crippen molar-refractivity contribution >= 4 is 17.5 Å². The SMILES string of the molecule is O=C(c1cccnc1)N1CCC[C@@H](c2nccnc2-c2cccc(Cl)c2)C1. The second-order valence-corrected chi connectivity index (χ2v) is 7.07. The molecule has 136 valence electrons. The summed E-state index contributed by atoms with van der Waals surface area (Å²) in [6.45, 7) is 1.37. The molecule has 5 nitrogen and oxygen atoms in total. The minimum Gasteiger partial charge on any atom is -0.338 e. The van der Waals surface area contributed by atoms with Crippen molar-refractivity contribution in [3.8, 4) is 11.3 Å². The summed E-state index contributed by atoms with van der Waals surface area (Å²) in [6.07, 6.45) is 8.61. The van der Waals surface area contributed by atoms with Gasteiger partial charge >= 0.3 is 0 Å². The molecule has 1 amide bonds. The molecule has 0 bridgehead atoms. The summed E-state index contributed by atoms with van der Waals surface area (Å²) in [7, 11) is 0. The van der Waals surface area contributed by atoms with E-state index in [-0.39, 0.29) is 11.8 Å². The normalized spacial score (nSPS) is 16.9. The van der Waals surface area contributed by atoms with Crippen LogP contribution in [0.5, 0.6) is 0 Å². The van der Waals surface area contributed by atoms with Crippen LogP contribution in [0.2, 0.25) is 5.02 Å². The predicted octanol–water partition coefficient (Wildman–Crippen LogP) is 4.21. The number of amides is 1. The maximum atomic E-state index is 12.8. The number of hydrogen-bond acceptors (Lipinski definition) is 4. The molecule has 1 aromatic carbocycles. The smallest absolute Gasteiger partial charge is 0.255 e. The lowest BCUT2D eigenvalue weighted by Crippen LogP contribution is -2.39. The van der Waals surface area contributed by atoms with E-state index in [0.717, 1.165) is 36.3 Å². The number of aromatic nitrogens is 3. The van der Waals surface area contributed by atoms with E-state index in [0.29, 0.717) is 17.1 Å². The fourth-order valence-corrected chi connectivity index (χ4v) is 3.75. The summed E-state index contributed by atoms with van der Waals surface area (Å²) in [4.78, 5) is 27.9. The van der Waals surface area contributed by atoms with Crippen LogP contribution in [0, 0.1) is 0 Å². The number of halogens is 1. The van der Waals surface area contributed by atoms with E-state index in [1.807, 2.05) is 29.2 Å². The van der Waals surface area contributed by atoms with Crippen molar-refractivity contribution in [1.82, 2.24) is 19.9 Å². The average Bonchev–Trinajstić information content (AvgIpc) is 2.74. The fourth-order valence-electron chi connectivity index (χ4n) is 3.56. The van der Waals surface area contributed by atoms with Gasteiger partial charge in [-0.1, -0.05) is 23.7 Å². The molecule has 0 spiro atoms. The Labute approximate surface area is 163 Å². The van der Waals surface area contributed by atoms with E-state index in [1.54, 1.807) is 36.9 Å². The van der Waals surface area contributed by atoms with Crippen LogP contribution in [-0.2, 0) is 0 Å². The van der Waals surface area contributed by atoms with Crippen molar-refractivity contribution in [2.75, 3.05) is 13.1 Å². The second-order valence-electron chi connectivity index (χ2n) is 6.63. The molecule has 0 saturated carbocycles. The zero-order valence-corrected chi connectivity index (χ0v) is 15.5. The lowest BCUT2D eigenvalue weighted by Gasteiger charge is -2.33. The molecule has 1 aliphatic heterocycles. The van der Waals surface area contributed by atoms with Crippen LogP contribution in [0.15, 0.2) is 61.2 Å². The molecule has 0 aliphatic carbocycles. The Kier molecular flexibility index (Phi) is 5.12. The highest BCUT2D eigenvalue weighted by Gasteiger charge is 2.28. The average molecular weight is 379 g/mol. The predicted molar refractivity (Wildman–Crippen MR) is 105 cm³/mol. The number of carbonyl (C=O) groups excluding carboxylic acids is 1. The second kappa shape index (κ2) is 7.84. The van der Waals surface area contributed by atoms with Gasteiger partial charge in [-0.05, 0) is 37.1 Å². The Morgan fingerprint density at radius 3 is 2.81 bits per heavy atom. The fraction of sp³-hybridized carbons (Fsp3) is 0.238. The Morgan fingerprint density at radius 1 is 1.11 bits per heavy atom. The third-order valence-corrected chi connectivity index (χ3v) is 5.06. The Morgan fingerprint density at radius 2 is 2.00 bits per heavy atom. The number of piperidine rings is 1. The van der Waals surface area contributed by atoms with Crippen LogP contribution >= 0.6 is 11.6 Å². The standard InChI is InChI=1S/C21H19ClN4O/c22-18-7-1-4-15(12-18)19-20(25-10-9-24-19)17-6-3-11-26(14-17)21(27)16-5-2-8-23-13-16/h1-2,4-5,7-10,12-13,17H,3,6,11,14H2/t17-/m1/s1. The van der Waals surface area contributed by atoms with Crippen LogP contribution in [0.4, 0.5) is 0 Å². The maximum absolute atomic E-state index is 12.8. The molecule has 2 aromatic heterocycles. The molecule has 1 saturated heterocycles. The zero-order valence-electron chi connectivity index (χ0n) is 14.8. The molecule has 0 unspecified atom stereocenters. The van der Waals surface area contributed by atoms with E-state index >= 15 is 0 Å². The third-order valence-electron chi connectivity index (χ3n) is 4.83. The molecule has 0 N–H and O–H groups in total. The monoisotopic (exact) mass is 378 g/mol. The first-order valence-electron chi connectivity index (χ1n) is 8.98. The van der Waals surface area contributed by atoms with Crippen molar-refractivity contribution in [1.29, 1.82) is 0 Å². The molecular weight excluding hydrogens is 360 g/mol. The Bertz CT molecular complexity index is 948. The lowest BCUT2D eigenvalue weighted by atomic mass is 9.91. The summed E-state index contributed by atoms with van der Waals surface area (Å²) < 4.78 is 0. The van der Waals surface area contributed by atoms with Crippen molar-refractivity contribution in [2.45, 2.75) is 18.8 Å². The zero-order chi connectivity index (χ0) is 18.6. The first-order valence-corrected chi connectivity index (χ1v) is 9.36. The summed E-state index contributed by atoms with van der Waals surface area (Å²) in [5.74, 6) is 0.156. The number of likely N-dealkylation sites (tertiary alicyclic amines) is 1. The van der Waals surface area contributed by atoms with Crippen molar-refractivity contribution < 1.29 is 4.79 Å². The van der Waals surface area contributed by atoms with Gasteiger partial charge in [-0.15, -0.1) is 0 Å². The van der Waals surface area contributed by atoms with Crippen molar-refractivity contribution in [3.05, 3.63) is 77.5 Å². The van der Waals surface area contributed by atoms with Gasteiger partial charge in [0.25, 0.3) is 5.91 Å². The van der Waals surface area contributed by atoms with Crippen LogP contribution in [0.25, 0.3) is 11.3 Å². The number of carbonyl (C=O) groups is 1. The van der Waals surface area contributed by atoms with E-state index in [9.17, 15) is 4.79 Å². The number of nitrogens with zero attached hydrogens (tertiary/aromatic N) is 4. The van der Waals surface area contributed by atoms with Gasteiger partial charge in [-0.3, -0.25) is 19.7 Å². The number of benzene rings is 1. The molecule has 1 aliphatic rings. The maximum Gasteiger partial charge on any atom is 0.255 e. The molecule has 1 fully saturated rings. The van der Waals surface area contributed by atoms with Gasteiger partial charge in [0, 0.05) is 54.4 Å². The Balaban J connectivity index is 1.62. The van der Waals surface area contributed by atoms with Gasteiger partial charge in [-0.2, -0.15) is 0 Å². The minimum absolute atomic E-state index is 0.0148. The molecule has 3 aromatic rings. The molecule has 3 heterocycles. The van der Waals surface area contributed by atoms with Crippen LogP contribution in [0.1, 0.15) is 34.8 Å². The van der Waals surface area contributed by atoms with Crippen LogP contribution in [-0.4, -0.2) is 38.8 Å². The minimum atomic E-state index is 0.0148. The summed E-state index contributed by atoms with van der Waals surface area (Å²) in [5, 5.41) is 0.668. The number of rotatable bonds is 3.